The van der Waals surface area contributed by atoms with Crippen molar-refractivity contribution < 1.29 is 23.1 Å². The summed E-state index contributed by atoms with van der Waals surface area (Å²) < 4.78 is 38.5. The Morgan fingerprint density at radius 2 is 1.95 bits per heavy atom. The maximum Gasteiger partial charge on any atom is 0.416 e. The monoisotopic (exact) mass is 315 g/mol. The van der Waals surface area contributed by atoms with Crippen molar-refractivity contribution in [3.63, 3.8) is 0 Å². The summed E-state index contributed by atoms with van der Waals surface area (Å²) in [5.41, 5.74) is -1.15. The van der Waals surface area contributed by atoms with E-state index in [4.69, 9.17) is 0 Å². The third-order valence-corrected chi connectivity index (χ3v) is 3.69. The zero-order valence-corrected chi connectivity index (χ0v) is 11.5. The fraction of sp³-hybridized carbons (Fsp3) is 0.214. The molecule has 0 bridgehead atoms. The van der Waals surface area contributed by atoms with Gasteiger partial charge in [-0.3, -0.25) is 4.79 Å². The molecule has 0 unspecified atom stereocenters. The van der Waals surface area contributed by atoms with Crippen molar-refractivity contribution in [1.82, 2.24) is 5.32 Å². The fourth-order valence-electron chi connectivity index (χ4n) is 1.84. The van der Waals surface area contributed by atoms with Crippen molar-refractivity contribution in [2.75, 3.05) is 6.54 Å². The summed E-state index contributed by atoms with van der Waals surface area (Å²) in [7, 11) is 0. The predicted octanol–water partition coefficient (Wildman–Crippen LogP) is 3.23. The Balaban J connectivity index is 2.07. The van der Waals surface area contributed by atoms with Gasteiger partial charge in [-0.2, -0.15) is 13.2 Å². The molecule has 0 aliphatic carbocycles. The average molecular weight is 315 g/mol. The highest BCUT2D eigenvalue weighted by Crippen LogP contribution is 2.34. The van der Waals surface area contributed by atoms with Crippen LogP contribution in [-0.2, 0) is 6.18 Å². The van der Waals surface area contributed by atoms with Crippen LogP contribution in [0.2, 0.25) is 0 Å². The van der Waals surface area contributed by atoms with E-state index in [1.165, 1.54) is 29.5 Å². The Labute approximate surface area is 123 Å². The molecule has 1 aromatic carbocycles. The first-order valence-corrected chi connectivity index (χ1v) is 6.93. The lowest BCUT2D eigenvalue weighted by Crippen LogP contribution is -2.28. The van der Waals surface area contributed by atoms with Crippen LogP contribution < -0.4 is 5.32 Å². The van der Waals surface area contributed by atoms with Crippen LogP contribution in [0, 0.1) is 0 Å². The molecule has 1 heterocycles. The number of hydrogen-bond donors (Lipinski definition) is 2. The number of benzene rings is 1. The van der Waals surface area contributed by atoms with Crippen LogP contribution in [0.25, 0.3) is 0 Å². The summed E-state index contributed by atoms with van der Waals surface area (Å²) >= 11 is 1.21. The lowest BCUT2D eigenvalue weighted by molar-refractivity contribution is -0.139. The van der Waals surface area contributed by atoms with Gasteiger partial charge in [0.05, 0.1) is 16.5 Å². The third kappa shape index (κ3) is 3.83. The first-order chi connectivity index (χ1) is 9.89. The first-order valence-electron chi connectivity index (χ1n) is 6.05. The number of amides is 1. The van der Waals surface area contributed by atoms with Crippen LogP contribution in [0.15, 0.2) is 41.8 Å². The molecule has 0 aliphatic rings. The summed E-state index contributed by atoms with van der Waals surface area (Å²) in [5, 5.41) is 14.0. The van der Waals surface area contributed by atoms with Crippen molar-refractivity contribution in [3.8, 4) is 0 Å². The van der Waals surface area contributed by atoms with Crippen LogP contribution in [-0.4, -0.2) is 17.6 Å². The molecule has 1 aromatic heterocycles. The van der Waals surface area contributed by atoms with E-state index in [2.05, 4.69) is 5.32 Å². The Kier molecular flexibility index (Phi) is 4.64. The van der Waals surface area contributed by atoms with E-state index in [0.29, 0.717) is 4.88 Å². The van der Waals surface area contributed by atoms with E-state index in [9.17, 15) is 23.1 Å². The first kappa shape index (κ1) is 15.5. The molecule has 1 atom stereocenters. The molecular weight excluding hydrogens is 303 g/mol. The Morgan fingerprint density at radius 3 is 2.57 bits per heavy atom. The van der Waals surface area contributed by atoms with Gasteiger partial charge in [-0.15, -0.1) is 11.3 Å². The summed E-state index contributed by atoms with van der Waals surface area (Å²) in [4.78, 5) is 12.1. The van der Waals surface area contributed by atoms with E-state index < -0.39 is 23.8 Å². The lowest BCUT2D eigenvalue weighted by atomic mass is 10.0. The van der Waals surface area contributed by atoms with Gasteiger partial charge in [-0.25, -0.2) is 0 Å². The van der Waals surface area contributed by atoms with Crippen LogP contribution in [0.4, 0.5) is 13.2 Å². The highest BCUT2D eigenvalue weighted by atomic mass is 32.1. The smallest absolute Gasteiger partial charge is 0.387 e. The Bertz CT molecular complexity index is 611. The number of rotatable bonds is 4. The Hall–Kier alpha value is -1.86. The minimum absolute atomic E-state index is 0.253. The molecule has 0 saturated carbocycles. The number of nitrogens with one attached hydrogen (secondary N) is 1. The fourth-order valence-corrected chi connectivity index (χ4v) is 2.48. The molecule has 112 valence electrons. The van der Waals surface area contributed by atoms with E-state index in [1.54, 1.807) is 17.5 Å². The summed E-state index contributed by atoms with van der Waals surface area (Å²) in [6.07, 6.45) is -5.97. The lowest BCUT2D eigenvalue weighted by Gasteiger charge is -2.17. The number of carbonyl (C=O) groups excluding carboxylic acids is 1. The normalized spacial score (nSPS) is 13.0. The third-order valence-electron chi connectivity index (χ3n) is 2.83. The molecule has 0 saturated heterocycles. The molecule has 7 heteroatoms. The number of aliphatic hydroxyl groups excluding tert-OH is 1. The highest BCUT2D eigenvalue weighted by molar-refractivity contribution is 7.12. The number of hydrogen-bond acceptors (Lipinski definition) is 3. The molecule has 0 fully saturated rings. The summed E-state index contributed by atoms with van der Waals surface area (Å²) in [6, 6.07) is 8.05. The zero-order valence-electron chi connectivity index (χ0n) is 10.7. The molecule has 21 heavy (non-hydrogen) atoms. The number of aliphatic hydroxyl groups is 1. The van der Waals surface area contributed by atoms with E-state index in [-0.39, 0.29) is 12.1 Å². The van der Waals surface area contributed by atoms with Crippen LogP contribution in [0.5, 0.6) is 0 Å². The standard InChI is InChI=1S/C14H12F3NO2S/c15-14(16,17)10-5-2-1-4-9(10)11(19)8-18-13(20)12-6-3-7-21-12/h1-7,11,19H,8H2,(H,18,20)/t11-/m1/s1. The van der Waals surface area contributed by atoms with Crippen molar-refractivity contribution in [3.05, 3.63) is 57.8 Å². The van der Waals surface area contributed by atoms with Crippen molar-refractivity contribution in [2.24, 2.45) is 0 Å². The molecule has 2 aromatic rings. The molecule has 1 amide bonds. The number of thiophene rings is 1. The minimum Gasteiger partial charge on any atom is -0.387 e. The quantitative estimate of drug-likeness (QED) is 0.910. The van der Waals surface area contributed by atoms with Gasteiger partial charge in [-0.05, 0) is 23.1 Å². The van der Waals surface area contributed by atoms with Crippen LogP contribution in [0.3, 0.4) is 0 Å². The topological polar surface area (TPSA) is 49.3 Å². The number of carbonyl (C=O) groups is 1. The second kappa shape index (κ2) is 6.28. The average Bonchev–Trinajstić information content (AvgIpc) is 2.97. The summed E-state index contributed by atoms with van der Waals surface area (Å²) in [5.74, 6) is -0.423. The van der Waals surface area contributed by atoms with Gasteiger partial charge >= 0.3 is 6.18 Å². The van der Waals surface area contributed by atoms with Gasteiger partial charge in [0.2, 0.25) is 0 Å². The second-order valence-electron chi connectivity index (χ2n) is 4.29. The van der Waals surface area contributed by atoms with Gasteiger partial charge in [0.15, 0.2) is 0 Å². The molecule has 3 nitrogen and oxygen atoms in total. The minimum atomic E-state index is -4.55. The molecule has 0 aliphatic heterocycles. The molecule has 0 radical (unpaired) electrons. The maximum absolute atomic E-state index is 12.8. The zero-order chi connectivity index (χ0) is 15.5. The Morgan fingerprint density at radius 1 is 1.24 bits per heavy atom. The van der Waals surface area contributed by atoms with Gasteiger partial charge in [0, 0.05) is 6.54 Å². The molecule has 2 rings (SSSR count). The van der Waals surface area contributed by atoms with Gasteiger partial charge < -0.3 is 10.4 Å². The van der Waals surface area contributed by atoms with Crippen LogP contribution >= 0.6 is 11.3 Å². The highest BCUT2D eigenvalue weighted by Gasteiger charge is 2.34. The number of halogens is 3. The van der Waals surface area contributed by atoms with Gasteiger partial charge in [0.25, 0.3) is 5.91 Å². The summed E-state index contributed by atoms with van der Waals surface area (Å²) in [6.45, 7) is -0.288. The SMILES string of the molecule is O=C(NC[C@@H](O)c1ccccc1C(F)(F)F)c1cccs1. The predicted molar refractivity (Wildman–Crippen MR) is 73.1 cm³/mol. The van der Waals surface area contributed by atoms with E-state index >= 15 is 0 Å². The molecule has 0 spiro atoms. The van der Waals surface area contributed by atoms with Crippen molar-refractivity contribution in [1.29, 1.82) is 0 Å². The second-order valence-corrected chi connectivity index (χ2v) is 5.24. The number of alkyl halides is 3. The van der Waals surface area contributed by atoms with Gasteiger partial charge in [-0.1, -0.05) is 24.3 Å². The van der Waals surface area contributed by atoms with E-state index in [1.807, 2.05) is 0 Å². The van der Waals surface area contributed by atoms with Crippen molar-refractivity contribution >= 4 is 17.2 Å². The van der Waals surface area contributed by atoms with Crippen molar-refractivity contribution in [2.45, 2.75) is 12.3 Å². The van der Waals surface area contributed by atoms with Crippen LogP contribution in [0.1, 0.15) is 26.9 Å². The van der Waals surface area contributed by atoms with E-state index in [0.717, 1.165) is 6.07 Å². The molecular formula is C14H12F3NO2S. The molecule has 2 N–H and O–H groups in total. The largest absolute Gasteiger partial charge is 0.416 e. The maximum atomic E-state index is 12.8. The van der Waals surface area contributed by atoms with Gasteiger partial charge in [0.1, 0.15) is 0 Å².